The molecule has 0 spiro atoms. The average Bonchev–Trinajstić information content (AvgIpc) is 2.33. The van der Waals surface area contributed by atoms with Crippen LogP contribution in [0.4, 0.5) is 0 Å². The minimum atomic E-state index is 1.27. The van der Waals surface area contributed by atoms with Crippen LogP contribution in [-0.2, 0) is 6.42 Å². The lowest BCUT2D eigenvalue weighted by atomic mass is 9.96. The van der Waals surface area contributed by atoms with Gasteiger partial charge < -0.3 is 0 Å². The summed E-state index contributed by atoms with van der Waals surface area (Å²) in [5, 5.41) is 0. The van der Waals surface area contributed by atoms with Gasteiger partial charge in [-0.15, -0.1) is 0 Å². The van der Waals surface area contributed by atoms with Crippen LogP contribution < -0.4 is 0 Å². The largest absolute Gasteiger partial charge is 0.0654 e. The molecule has 0 saturated carbocycles. The van der Waals surface area contributed by atoms with Crippen LogP contribution in [0.1, 0.15) is 74.1 Å². The predicted octanol–water partition coefficient (Wildman–Crippen LogP) is 5.90. The van der Waals surface area contributed by atoms with E-state index in [2.05, 4.69) is 39.8 Å². The van der Waals surface area contributed by atoms with Gasteiger partial charge in [0.05, 0.1) is 0 Å². The van der Waals surface area contributed by atoms with Crippen molar-refractivity contribution in [3.8, 4) is 0 Å². The third-order valence-corrected chi connectivity index (χ3v) is 3.97. The molecule has 0 saturated heterocycles. The number of hydrogen-bond acceptors (Lipinski definition) is 0. The molecule has 1 rings (SSSR count). The van der Waals surface area contributed by atoms with Crippen molar-refractivity contribution < 1.29 is 0 Å². The highest BCUT2D eigenvalue weighted by atomic mass is 14.1. The van der Waals surface area contributed by atoms with E-state index < -0.39 is 0 Å². The maximum Gasteiger partial charge on any atom is -0.0276 e. The van der Waals surface area contributed by atoms with Crippen molar-refractivity contribution in [1.82, 2.24) is 0 Å². The molecule has 0 bridgehead atoms. The Morgan fingerprint density at radius 3 is 2.06 bits per heavy atom. The highest BCUT2D eigenvalue weighted by molar-refractivity contribution is 5.37. The Labute approximate surface area is 114 Å². The first-order valence-corrected chi connectivity index (χ1v) is 7.72. The van der Waals surface area contributed by atoms with Gasteiger partial charge in [-0.3, -0.25) is 0 Å². The molecule has 0 heterocycles. The molecule has 0 atom stereocenters. The molecule has 0 amide bonds. The smallest absolute Gasteiger partial charge is 0.0276 e. The summed E-state index contributed by atoms with van der Waals surface area (Å²) in [6, 6.07) is 4.67. The highest BCUT2D eigenvalue weighted by Gasteiger charge is 2.02. The molecule has 0 radical (unpaired) electrons. The second-order valence-electron chi connectivity index (χ2n) is 5.74. The van der Waals surface area contributed by atoms with Gasteiger partial charge in [-0.2, -0.15) is 0 Å². The van der Waals surface area contributed by atoms with Crippen LogP contribution in [0.15, 0.2) is 12.1 Å². The molecule has 1 aromatic rings. The van der Waals surface area contributed by atoms with Crippen molar-refractivity contribution in [2.24, 2.45) is 0 Å². The zero-order valence-corrected chi connectivity index (χ0v) is 12.8. The van der Waals surface area contributed by atoms with Gasteiger partial charge in [0, 0.05) is 0 Å². The summed E-state index contributed by atoms with van der Waals surface area (Å²) in [5.41, 5.74) is 5.94. The molecule has 102 valence electrons. The summed E-state index contributed by atoms with van der Waals surface area (Å²) in [6.45, 7) is 8.99. The lowest BCUT2D eigenvalue weighted by Crippen LogP contribution is -1.94. The van der Waals surface area contributed by atoms with Crippen molar-refractivity contribution in [2.45, 2.75) is 79.1 Å². The molecule has 0 N–H and O–H groups in total. The zero-order chi connectivity index (χ0) is 13.4. The van der Waals surface area contributed by atoms with Gasteiger partial charge in [0.25, 0.3) is 0 Å². The van der Waals surface area contributed by atoms with E-state index in [1.54, 1.807) is 5.56 Å². The molecule has 0 fully saturated rings. The monoisotopic (exact) mass is 246 g/mol. The fourth-order valence-electron chi connectivity index (χ4n) is 2.66. The fraction of sp³-hybridized carbons (Fsp3) is 0.667. The Morgan fingerprint density at radius 1 is 0.778 bits per heavy atom. The van der Waals surface area contributed by atoms with E-state index in [1.165, 1.54) is 68.1 Å². The van der Waals surface area contributed by atoms with E-state index in [0.29, 0.717) is 0 Å². The first-order chi connectivity index (χ1) is 8.65. The summed E-state index contributed by atoms with van der Waals surface area (Å²) in [5.74, 6) is 0. The van der Waals surface area contributed by atoms with Crippen LogP contribution in [0.2, 0.25) is 0 Å². The molecular weight excluding hydrogens is 216 g/mol. The molecule has 18 heavy (non-hydrogen) atoms. The predicted molar refractivity (Wildman–Crippen MR) is 82.4 cm³/mol. The van der Waals surface area contributed by atoms with E-state index in [9.17, 15) is 0 Å². The Bertz CT molecular complexity index is 349. The Morgan fingerprint density at radius 2 is 1.39 bits per heavy atom. The van der Waals surface area contributed by atoms with E-state index in [-0.39, 0.29) is 0 Å². The normalized spacial score (nSPS) is 10.9. The molecule has 0 aliphatic rings. The summed E-state index contributed by atoms with van der Waals surface area (Å²) < 4.78 is 0. The van der Waals surface area contributed by atoms with Crippen molar-refractivity contribution in [2.75, 3.05) is 0 Å². The van der Waals surface area contributed by atoms with Gasteiger partial charge in [0.1, 0.15) is 0 Å². The Balaban J connectivity index is 2.27. The van der Waals surface area contributed by atoms with Gasteiger partial charge in [-0.25, -0.2) is 0 Å². The molecule has 1 aromatic carbocycles. The molecule has 0 heteroatoms. The summed E-state index contributed by atoms with van der Waals surface area (Å²) in [4.78, 5) is 0. The van der Waals surface area contributed by atoms with Crippen LogP contribution >= 0.6 is 0 Å². The number of benzene rings is 1. The number of rotatable bonds is 8. The number of hydrogen-bond donors (Lipinski definition) is 0. The van der Waals surface area contributed by atoms with Crippen LogP contribution in [-0.4, -0.2) is 0 Å². The van der Waals surface area contributed by atoms with Crippen molar-refractivity contribution in [1.29, 1.82) is 0 Å². The topological polar surface area (TPSA) is 0 Å². The summed E-state index contributed by atoms with van der Waals surface area (Å²) >= 11 is 0. The van der Waals surface area contributed by atoms with Crippen molar-refractivity contribution in [3.63, 3.8) is 0 Å². The summed E-state index contributed by atoms with van der Waals surface area (Å²) in [7, 11) is 0. The van der Waals surface area contributed by atoms with Gasteiger partial charge in [0.15, 0.2) is 0 Å². The lowest BCUT2D eigenvalue weighted by molar-refractivity contribution is 0.589. The molecule has 0 nitrogen and oxygen atoms in total. The van der Waals surface area contributed by atoms with Gasteiger partial charge in [-0.05, 0) is 50.3 Å². The molecular formula is C18H30. The maximum absolute atomic E-state index is 2.37. The molecule has 0 aromatic heterocycles. The first kappa shape index (κ1) is 15.3. The number of unbranched alkanes of at least 4 members (excludes halogenated alkanes) is 6. The van der Waals surface area contributed by atoms with E-state index in [4.69, 9.17) is 0 Å². The standard InChI is InChI=1S/C18H30/c1-5-6-7-8-9-10-11-12-18-14-15(2)13-16(3)17(18)4/h13-14H,5-12H2,1-4H3. The first-order valence-electron chi connectivity index (χ1n) is 7.72. The third-order valence-electron chi connectivity index (χ3n) is 3.97. The Kier molecular flexibility index (Phi) is 7.08. The van der Waals surface area contributed by atoms with Crippen LogP contribution in [0, 0.1) is 20.8 Å². The second kappa shape index (κ2) is 8.34. The minimum Gasteiger partial charge on any atom is -0.0654 e. The highest BCUT2D eigenvalue weighted by Crippen LogP contribution is 2.18. The molecule has 0 aliphatic heterocycles. The molecule has 0 unspecified atom stereocenters. The second-order valence-corrected chi connectivity index (χ2v) is 5.74. The minimum absolute atomic E-state index is 1.27. The van der Waals surface area contributed by atoms with E-state index >= 15 is 0 Å². The van der Waals surface area contributed by atoms with Crippen LogP contribution in [0.3, 0.4) is 0 Å². The lowest BCUT2D eigenvalue weighted by Gasteiger charge is -2.10. The van der Waals surface area contributed by atoms with Crippen molar-refractivity contribution >= 4 is 0 Å². The maximum atomic E-state index is 2.37. The average molecular weight is 246 g/mol. The van der Waals surface area contributed by atoms with Crippen LogP contribution in [0.5, 0.6) is 0 Å². The van der Waals surface area contributed by atoms with Crippen molar-refractivity contribution in [3.05, 3.63) is 34.4 Å². The van der Waals surface area contributed by atoms with E-state index in [1.807, 2.05) is 0 Å². The van der Waals surface area contributed by atoms with Crippen LogP contribution in [0.25, 0.3) is 0 Å². The summed E-state index contributed by atoms with van der Waals surface area (Å²) in [6.07, 6.45) is 11.1. The zero-order valence-electron chi connectivity index (χ0n) is 12.8. The third kappa shape index (κ3) is 5.25. The van der Waals surface area contributed by atoms with Gasteiger partial charge in [0.2, 0.25) is 0 Å². The van der Waals surface area contributed by atoms with Gasteiger partial charge >= 0.3 is 0 Å². The van der Waals surface area contributed by atoms with E-state index in [0.717, 1.165) is 0 Å². The Hall–Kier alpha value is -0.780. The quantitative estimate of drug-likeness (QED) is 0.501. The number of aryl methyl sites for hydroxylation is 3. The fourth-order valence-corrected chi connectivity index (χ4v) is 2.66. The molecule has 0 aliphatic carbocycles. The SMILES string of the molecule is CCCCCCCCCc1cc(C)cc(C)c1C. The van der Waals surface area contributed by atoms with Gasteiger partial charge in [-0.1, -0.05) is 63.1 Å².